The van der Waals surface area contributed by atoms with Crippen LogP contribution in [-0.2, 0) is 6.18 Å². The highest BCUT2D eigenvalue weighted by Crippen LogP contribution is 2.48. The largest absolute Gasteiger partial charge is 0.420 e. The molecule has 0 saturated carbocycles. The van der Waals surface area contributed by atoms with Gasteiger partial charge in [-0.2, -0.15) is 13.2 Å². The Morgan fingerprint density at radius 3 is 0.739 bits per heavy atom. The molecule has 0 aliphatic carbocycles. The molecule has 6 nitrogen and oxygen atoms in total. The molecule has 6 aromatic heterocycles. The SMILES string of the molecule is Fc1cc(F)cc(-c2cc(-n3c4cc(-c5cccc(-c6ccccc6)n5)ccc4c4ccc(-c5cccc(-c6ccccc6)n5)cc43)c(C(F)(F)F)c(-n3c4cc(-c5cccc(-c6ccccc6)n5)ccc4c4ccc(-c5cccc(-c6ccccc6)n5)cc43)c2)c1. The van der Waals surface area contributed by atoms with Gasteiger partial charge in [-0.25, -0.2) is 28.7 Å². The lowest BCUT2D eigenvalue weighted by Crippen LogP contribution is -2.16. The van der Waals surface area contributed by atoms with Gasteiger partial charge in [0.2, 0.25) is 0 Å². The summed E-state index contributed by atoms with van der Waals surface area (Å²) in [5, 5.41) is 2.61. The number of aromatic nitrogens is 6. The van der Waals surface area contributed by atoms with Crippen molar-refractivity contribution in [1.29, 1.82) is 0 Å². The molecular weight excluding hydrogens is 1150 g/mol. The average Bonchev–Trinajstić information content (AvgIpc) is 1.58. The van der Waals surface area contributed by atoms with Gasteiger partial charge in [0.15, 0.2) is 0 Å². The summed E-state index contributed by atoms with van der Waals surface area (Å²) in [6.07, 6.45) is -5.11. The van der Waals surface area contributed by atoms with E-state index in [1.807, 2.05) is 267 Å². The van der Waals surface area contributed by atoms with Crippen LogP contribution in [0, 0.1) is 11.6 Å². The summed E-state index contributed by atoms with van der Waals surface area (Å²) in [6.45, 7) is 0. The van der Waals surface area contributed by atoms with Crippen molar-refractivity contribution in [2.45, 2.75) is 6.18 Å². The second kappa shape index (κ2) is 22.6. The number of alkyl halides is 3. The minimum Gasteiger partial charge on any atom is -0.308 e. The normalized spacial score (nSPS) is 11.8. The smallest absolute Gasteiger partial charge is 0.308 e. The number of fused-ring (bicyclic) bond motifs is 6. The molecular formula is C81H49F5N6. The molecule has 0 aliphatic heterocycles. The molecule has 0 atom stereocenters. The Kier molecular flexibility index (Phi) is 13.6. The monoisotopic (exact) mass is 1200 g/mol. The van der Waals surface area contributed by atoms with Gasteiger partial charge in [-0.3, -0.25) is 0 Å². The van der Waals surface area contributed by atoms with Crippen LogP contribution >= 0.6 is 0 Å². The lowest BCUT2D eigenvalue weighted by Gasteiger charge is -2.23. The second-order valence-corrected chi connectivity index (χ2v) is 22.7. The third kappa shape index (κ3) is 10.1. The Hall–Kier alpha value is -12.0. The summed E-state index contributed by atoms with van der Waals surface area (Å²) in [6, 6.07) is 90.7. The molecule has 6 heterocycles. The maximum Gasteiger partial charge on any atom is 0.420 e. The predicted molar refractivity (Wildman–Crippen MR) is 360 cm³/mol. The Morgan fingerprint density at radius 1 is 0.228 bits per heavy atom. The highest BCUT2D eigenvalue weighted by atomic mass is 19.4. The minimum absolute atomic E-state index is 0.0238. The molecule has 92 heavy (non-hydrogen) atoms. The minimum atomic E-state index is -5.11. The molecule has 438 valence electrons. The predicted octanol–water partition coefficient (Wildman–Crippen LogP) is 21.8. The van der Waals surface area contributed by atoms with Crippen LogP contribution in [0.5, 0.6) is 0 Å². The molecule has 11 heteroatoms. The van der Waals surface area contributed by atoms with Crippen LogP contribution in [0.25, 0.3) is 156 Å². The molecule has 0 aliphatic rings. The number of hydrogen-bond donors (Lipinski definition) is 0. The molecule has 0 N–H and O–H groups in total. The Bertz CT molecular complexity index is 4920. The number of halogens is 5. The van der Waals surface area contributed by atoms with Gasteiger partial charge in [0.05, 0.1) is 79.0 Å². The molecule has 0 saturated heterocycles. The first-order valence-electron chi connectivity index (χ1n) is 30.0. The third-order valence-corrected chi connectivity index (χ3v) is 17.1. The maximum atomic E-state index is 17.8. The number of benzene rings is 10. The lowest BCUT2D eigenvalue weighted by atomic mass is 9.98. The van der Waals surface area contributed by atoms with E-state index in [1.54, 1.807) is 9.13 Å². The average molecular weight is 1200 g/mol. The zero-order valence-electron chi connectivity index (χ0n) is 48.9. The molecule has 0 spiro atoms. The van der Waals surface area contributed by atoms with Gasteiger partial charge in [-0.05, 0) is 108 Å². The van der Waals surface area contributed by atoms with Crippen LogP contribution < -0.4 is 0 Å². The van der Waals surface area contributed by atoms with Gasteiger partial charge in [0, 0.05) is 72.1 Å². The maximum absolute atomic E-state index is 17.8. The summed E-state index contributed by atoms with van der Waals surface area (Å²) in [5.74, 6) is -1.79. The van der Waals surface area contributed by atoms with Gasteiger partial charge in [0.25, 0.3) is 0 Å². The van der Waals surface area contributed by atoms with Gasteiger partial charge in [0.1, 0.15) is 17.2 Å². The van der Waals surface area contributed by atoms with Crippen LogP contribution in [0.3, 0.4) is 0 Å². The quantitative estimate of drug-likeness (QED) is 0.121. The molecule has 0 unspecified atom stereocenters. The first kappa shape index (κ1) is 55.4. The van der Waals surface area contributed by atoms with E-state index in [0.29, 0.717) is 88.6 Å². The first-order valence-corrected chi connectivity index (χ1v) is 30.0. The van der Waals surface area contributed by atoms with Crippen molar-refractivity contribution in [2.75, 3.05) is 0 Å². The highest BCUT2D eigenvalue weighted by Gasteiger charge is 2.40. The van der Waals surface area contributed by atoms with E-state index in [-0.39, 0.29) is 22.5 Å². The van der Waals surface area contributed by atoms with Crippen molar-refractivity contribution in [3.05, 3.63) is 314 Å². The molecule has 16 rings (SSSR count). The lowest BCUT2D eigenvalue weighted by molar-refractivity contribution is -0.137. The van der Waals surface area contributed by atoms with Crippen LogP contribution in [0.2, 0.25) is 0 Å². The van der Waals surface area contributed by atoms with Crippen LogP contribution in [0.15, 0.2) is 297 Å². The van der Waals surface area contributed by atoms with E-state index in [1.165, 1.54) is 12.1 Å². The van der Waals surface area contributed by atoms with Crippen molar-refractivity contribution in [1.82, 2.24) is 29.1 Å². The van der Waals surface area contributed by atoms with Crippen molar-refractivity contribution in [3.63, 3.8) is 0 Å². The number of pyridine rings is 4. The van der Waals surface area contributed by atoms with Crippen molar-refractivity contribution >= 4 is 43.6 Å². The Labute approximate surface area is 525 Å². The van der Waals surface area contributed by atoms with E-state index in [9.17, 15) is 0 Å². The van der Waals surface area contributed by atoms with Gasteiger partial charge in [-0.1, -0.05) is 194 Å². The Balaban J connectivity index is 1.02. The van der Waals surface area contributed by atoms with Crippen molar-refractivity contribution < 1.29 is 22.0 Å². The van der Waals surface area contributed by atoms with Gasteiger partial charge in [-0.15, -0.1) is 0 Å². The van der Waals surface area contributed by atoms with E-state index in [4.69, 9.17) is 19.9 Å². The fourth-order valence-corrected chi connectivity index (χ4v) is 12.8. The van der Waals surface area contributed by atoms with E-state index in [0.717, 1.165) is 63.2 Å². The summed E-state index contributed by atoms with van der Waals surface area (Å²) < 4.78 is 88.4. The second-order valence-electron chi connectivity index (χ2n) is 22.7. The Morgan fingerprint density at radius 2 is 0.478 bits per heavy atom. The van der Waals surface area contributed by atoms with Gasteiger partial charge < -0.3 is 9.13 Å². The molecule has 0 bridgehead atoms. The van der Waals surface area contributed by atoms with Crippen LogP contribution in [0.1, 0.15) is 5.56 Å². The fourth-order valence-electron chi connectivity index (χ4n) is 12.8. The summed E-state index contributed by atoms with van der Waals surface area (Å²) in [4.78, 5) is 20.5. The molecule has 0 amide bonds. The van der Waals surface area contributed by atoms with Gasteiger partial charge >= 0.3 is 6.18 Å². The van der Waals surface area contributed by atoms with E-state index < -0.39 is 23.4 Å². The summed E-state index contributed by atoms with van der Waals surface area (Å²) in [5.41, 5.74) is 11.7. The third-order valence-electron chi connectivity index (χ3n) is 17.1. The van der Waals surface area contributed by atoms with Crippen molar-refractivity contribution in [2.24, 2.45) is 0 Å². The van der Waals surface area contributed by atoms with E-state index in [2.05, 4.69) is 0 Å². The van der Waals surface area contributed by atoms with Crippen LogP contribution in [-0.4, -0.2) is 29.1 Å². The zero-order chi connectivity index (χ0) is 62.0. The summed E-state index contributed by atoms with van der Waals surface area (Å²) >= 11 is 0. The van der Waals surface area contributed by atoms with Crippen LogP contribution in [0.4, 0.5) is 22.0 Å². The topological polar surface area (TPSA) is 61.4 Å². The first-order chi connectivity index (χ1) is 45.0. The standard InChI is InChI=1S/C81H49F5N6/c82-60-41-58(42-61(83)49-60)59-47-78(91-74-43-54(70-29-13-25-66(87-70)50-17-5-1-6-18-50)33-37-62(74)63-38-34-55(44-75(63)91)71-30-14-26-67(88-71)51-19-7-2-8-20-51)80(81(84,85)86)79(48-59)92-76-45-56(72-31-15-27-68(89-72)52-21-9-3-10-22-52)35-39-64(76)65-40-36-57(46-77(65)92)73-32-16-28-69(90-73)53-23-11-4-12-24-53/h1-49H. The number of nitrogens with zero attached hydrogens (tertiary/aromatic N) is 6. The molecule has 10 aromatic carbocycles. The zero-order valence-corrected chi connectivity index (χ0v) is 48.9. The number of rotatable bonds is 11. The van der Waals surface area contributed by atoms with E-state index >= 15 is 22.0 Å². The summed E-state index contributed by atoms with van der Waals surface area (Å²) in [7, 11) is 0. The molecule has 16 aromatic rings. The molecule has 0 fully saturated rings. The fraction of sp³-hybridized carbons (Fsp3) is 0.0123. The number of hydrogen-bond acceptors (Lipinski definition) is 4. The highest BCUT2D eigenvalue weighted by molar-refractivity contribution is 6.13. The molecule has 0 radical (unpaired) electrons. The van der Waals surface area contributed by atoms with Crippen molar-refractivity contribution in [3.8, 4) is 113 Å².